The number of sulfonamides is 1. The summed E-state index contributed by atoms with van der Waals surface area (Å²) in [6, 6.07) is 12.4. The van der Waals surface area contributed by atoms with E-state index < -0.39 is 10.0 Å². The van der Waals surface area contributed by atoms with Crippen molar-refractivity contribution in [2.75, 3.05) is 19.4 Å². The van der Waals surface area contributed by atoms with Crippen LogP contribution in [-0.2, 0) is 10.0 Å². The SMILES string of the molecule is Cc1ccc2nc(C)c(C(=O)Nc3cc(S(=O)(=O)N(C)C)ccc3C)cc2c1. The number of amides is 1. The molecule has 3 aromatic rings. The number of aromatic nitrogens is 1. The van der Waals surface area contributed by atoms with Gasteiger partial charge in [-0.3, -0.25) is 9.78 Å². The Morgan fingerprint density at radius 2 is 1.71 bits per heavy atom. The van der Waals surface area contributed by atoms with Crippen molar-refractivity contribution in [2.24, 2.45) is 0 Å². The number of rotatable bonds is 4. The first-order valence-corrected chi connectivity index (χ1v) is 10.3. The van der Waals surface area contributed by atoms with E-state index in [1.54, 1.807) is 13.0 Å². The molecule has 0 aliphatic carbocycles. The first-order chi connectivity index (χ1) is 13.1. The topological polar surface area (TPSA) is 79.4 Å². The number of hydrogen-bond donors (Lipinski definition) is 1. The molecular weight excluding hydrogens is 374 g/mol. The maximum Gasteiger partial charge on any atom is 0.257 e. The predicted octanol–water partition coefficient (Wildman–Crippen LogP) is 3.66. The molecule has 146 valence electrons. The van der Waals surface area contributed by atoms with E-state index in [9.17, 15) is 13.2 Å². The molecule has 6 nitrogen and oxygen atoms in total. The lowest BCUT2D eigenvalue weighted by molar-refractivity contribution is 0.102. The van der Waals surface area contributed by atoms with Gasteiger partial charge in [0, 0.05) is 25.2 Å². The minimum atomic E-state index is -3.59. The lowest BCUT2D eigenvalue weighted by atomic mass is 10.1. The molecule has 1 aromatic heterocycles. The van der Waals surface area contributed by atoms with E-state index >= 15 is 0 Å². The van der Waals surface area contributed by atoms with Crippen LogP contribution >= 0.6 is 0 Å². The van der Waals surface area contributed by atoms with Crippen molar-refractivity contribution in [3.05, 3.63) is 64.8 Å². The van der Waals surface area contributed by atoms with Gasteiger partial charge >= 0.3 is 0 Å². The second kappa shape index (κ2) is 7.33. The highest BCUT2D eigenvalue weighted by atomic mass is 32.2. The van der Waals surface area contributed by atoms with Crippen LogP contribution in [0.5, 0.6) is 0 Å². The highest BCUT2D eigenvalue weighted by Gasteiger charge is 2.19. The van der Waals surface area contributed by atoms with Gasteiger partial charge in [0.15, 0.2) is 0 Å². The Balaban J connectivity index is 1.99. The Morgan fingerprint density at radius 3 is 2.39 bits per heavy atom. The molecule has 28 heavy (non-hydrogen) atoms. The van der Waals surface area contributed by atoms with Crippen LogP contribution in [0.4, 0.5) is 5.69 Å². The van der Waals surface area contributed by atoms with Gasteiger partial charge in [-0.2, -0.15) is 0 Å². The third kappa shape index (κ3) is 3.76. The Bertz CT molecular complexity index is 1180. The van der Waals surface area contributed by atoms with Gasteiger partial charge in [-0.25, -0.2) is 12.7 Å². The summed E-state index contributed by atoms with van der Waals surface area (Å²) in [7, 11) is -0.645. The average Bonchev–Trinajstić information content (AvgIpc) is 2.62. The third-order valence-corrected chi connectivity index (χ3v) is 6.45. The molecule has 0 aliphatic rings. The van der Waals surface area contributed by atoms with Gasteiger partial charge in [-0.15, -0.1) is 0 Å². The smallest absolute Gasteiger partial charge is 0.257 e. The Hall–Kier alpha value is -2.77. The van der Waals surface area contributed by atoms with E-state index in [0.29, 0.717) is 16.9 Å². The molecule has 1 N–H and O–H groups in total. The summed E-state index contributed by atoms with van der Waals surface area (Å²) >= 11 is 0. The highest BCUT2D eigenvalue weighted by Crippen LogP contribution is 2.24. The Labute approximate surface area is 165 Å². The van der Waals surface area contributed by atoms with Crippen LogP contribution in [0.1, 0.15) is 27.2 Å². The van der Waals surface area contributed by atoms with Crippen molar-refractivity contribution in [3.8, 4) is 0 Å². The number of nitrogens with one attached hydrogen (secondary N) is 1. The number of aryl methyl sites for hydroxylation is 3. The Kier molecular flexibility index (Phi) is 5.23. The van der Waals surface area contributed by atoms with Crippen molar-refractivity contribution in [2.45, 2.75) is 25.7 Å². The zero-order valence-electron chi connectivity index (χ0n) is 16.6. The van der Waals surface area contributed by atoms with Gasteiger partial charge in [0.05, 0.1) is 21.7 Å². The predicted molar refractivity (Wildman–Crippen MR) is 111 cm³/mol. The summed E-state index contributed by atoms with van der Waals surface area (Å²) < 4.78 is 25.9. The standard InChI is InChI=1S/C21H23N3O3S/c1-13-6-9-19-16(10-13)11-18(15(3)22-19)21(25)23-20-12-17(8-7-14(20)2)28(26,27)24(4)5/h6-12H,1-5H3,(H,23,25). The molecule has 1 amide bonds. The van der Waals surface area contributed by atoms with Crippen molar-refractivity contribution in [3.63, 3.8) is 0 Å². The summed E-state index contributed by atoms with van der Waals surface area (Å²) in [5.41, 5.74) is 4.21. The summed E-state index contributed by atoms with van der Waals surface area (Å²) in [4.78, 5) is 17.5. The average molecular weight is 398 g/mol. The van der Waals surface area contributed by atoms with Crippen LogP contribution in [0.3, 0.4) is 0 Å². The van der Waals surface area contributed by atoms with Crippen LogP contribution in [0.15, 0.2) is 47.4 Å². The van der Waals surface area contributed by atoms with E-state index in [1.165, 1.54) is 26.2 Å². The van der Waals surface area contributed by atoms with E-state index in [-0.39, 0.29) is 10.8 Å². The lowest BCUT2D eigenvalue weighted by Gasteiger charge is -2.15. The second-order valence-electron chi connectivity index (χ2n) is 7.04. The fourth-order valence-corrected chi connectivity index (χ4v) is 3.85. The van der Waals surface area contributed by atoms with Crippen molar-refractivity contribution in [1.29, 1.82) is 0 Å². The minimum Gasteiger partial charge on any atom is -0.322 e. The summed E-state index contributed by atoms with van der Waals surface area (Å²) in [5.74, 6) is -0.323. The van der Waals surface area contributed by atoms with E-state index in [4.69, 9.17) is 0 Å². The number of anilines is 1. The van der Waals surface area contributed by atoms with Crippen LogP contribution < -0.4 is 5.32 Å². The highest BCUT2D eigenvalue weighted by molar-refractivity contribution is 7.89. The van der Waals surface area contributed by atoms with Gasteiger partial charge in [0.1, 0.15) is 0 Å². The summed E-state index contributed by atoms with van der Waals surface area (Å²) in [6.45, 7) is 5.59. The third-order valence-electron chi connectivity index (χ3n) is 4.64. The van der Waals surface area contributed by atoms with E-state index in [0.717, 1.165) is 26.3 Å². The van der Waals surface area contributed by atoms with Gasteiger partial charge in [-0.05, 0) is 56.7 Å². The van der Waals surface area contributed by atoms with Crippen molar-refractivity contribution in [1.82, 2.24) is 9.29 Å². The quantitative estimate of drug-likeness (QED) is 0.729. The number of hydrogen-bond acceptors (Lipinski definition) is 4. The lowest BCUT2D eigenvalue weighted by Crippen LogP contribution is -2.22. The maximum absolute atomic E-state index is 12.9. The minimum absolute atomic E-state index is 0.127. The summed E-state index contributed by atoms with van der Waals surface area (Å²) in [6.07, 6.45) is 0. The number of nitrogens with zero attached hydrogens (tertiary/aromatic N) is 2. The van der Waals surface area contributed by atoms with Crippen LogP contribution in [-0.4, -0.2) is 37.7 Å². The largest absolute Gasteiger partial charge is 0.322 e. The molecule has 0 saturated carbocycles. The van der Waals surface area contributed by atoms with Crippen LogP contribution in [0, 0.1) is 20.8 Å². The molecule has 0 saturated heterocycles. The van der Waals surface area contributed by atoms with Crippen LogP contribution in [0.25, 0.3) is 10.9 Å². The molecule has 3 rings (SSSR count). The fourth-order valence-electron chi connectivity index (χ4n) is 2.92. The first kappa shape index (κ1) is 20.0. The molecule has 7 heteroatoms. The number of benzene rings is 2. The van der Waals surface area contributed by atoms with Crippen molar-refractivity contribution >= 4 is 32.5 Å². The monoisotopic (exact) mass is 397 g/mol. The molecule has 0 fully saturated rings. The molecule has 0 radical (unpaired) electrons. The van der Waals surface area contributed by atoms with Gasteiger partial charge in [-0.1, -0.05) is 17.7 Å². The van der Waals surface area contributed by atoms with Gasteiger partial charge in [0.25, 0.3) is 5.91 Å². The van der Waals surface area contributed by atoms with E-state index in [1.807, 2.05) is 38.1 Å². The number of pyridine rings is 1. The first-order valence-electron chi connectivity index (χ1n) is 8.82. The molecule has 0 aliphatic heterocycles. The number of carbonyl (C=O) groups excluding carboxylic acids is 1. The molecule has 0 unspecified atom stereocenters. The Morgan fingerprint density at radius 1 is 1.00 bits per heavy atom. The zero-order chi connectivity index (χ0) is 20.6. The zero-order valence-corrected chi connectivity index (χ0v) is 17.4. The van der Waals surface area contributed by atoms with Crippen LogP contribution in [0.2, 0.25) is 0 Å². The molecule has 0 atom stereocenters. The molecule has 0 spiro atoms. The van der Waals surface area contributed by atoms with Crippen molar-refractivity contribution < 1.29 is 13.2 Å². The van der Waals surface area contributed by atoms with Gasteiger partial charge < -0.3 is 5.32 Å². The fraction of sp³-hybridized carbons (Fsp3) is 0.238. The molecule has 0 bridgehead atoms. The molecule has 2 aromatic carbocycles. The van der Waals surface area contributed by atoms with Gasteiger partial charge in [0.2, 0.25) is 10.0 Å². The number of fused-ring (bicyclic) bond motifs is 1. The number of carbonyl (C=O) groups is 1. The molecular formula is C21H23N3O3S. The van der Waals surface area contributed by atoms with E-state index in [2.05, 4.69) is 10.3 Å². The summed E-state index contributed by atoms with van der Waals surface area (Å²) in [5, 5.41) is 3.72. The second-order valence-corrected chi connectivity index (χ2v) is 9.19. The maximum atomic E-state index is 12.9. The molecule has 1 heterocycles. The normalized spacial score (nSPS) is 11.8.